The third-order valence-corrected chi connectivity index (χ3v) is 4.00. The van der Waals surface area contributed by atoms with Crippen LogP contribution in [0.15, 0.2) is 83.8 Å². The maximum absolute atomic E-state index is 13.4. The first-order valence-electron chi connectivity index (χ1n) is 8.18. The van der Waals surface area contributed by atoms with Gasteiger partial charge in [-0.25, -0.2) is 14.2 Å². The predicted molar refractivity (Wildman–Crippen MR) is 98.3 cm³/mol. The fraction of sp³-hybridized carbons (Fsp3) is 0. The van der Waals surface area contributed by atoms with Gasteiger partial charge in [0.05, 0.1) is 5.56 Å². The van der Waals surface area contributed by atoms with Crippen LogP contribution >= 0.6 is 0 Å². The highest BCUT2D eigenvalue weighted by Crippen LogP contribution is 2.26. The zero-order valence-electron chi connectivity index (χ0n) is 14.0. The van der Waals surface area contributed by atoms with Crippen LogP contribution in [0.1, 0.15) is 10.4 Å². The third kappa shape index (κ3) is 3.20. The molecule has 6 heteroatoms. The summed E-state index contributed by atoms with van der Waals surface area (Å²) in [6.45, 7) is 0. The van der Waals surface area contributed by atoms with Gasteiger partial charge in [-0.3, -0.25) is 9.20 Å². The van der Waals surface area contributed by atoms with E-state index in [2.05, 4.69) is 4.98 Å². The molecule has 0 saturated heterocycles. The summed E-state index contributed by atoms with van der Waals surface area (Å²) in [6, 6.07) is 19.2. The highest BCUT2D eigenvalue weighted by molar-refractivity contribution is 5.92. The number of rotatable bonds is 3. The van der Waals surface area contributed by atoms with Crippen molar-refractivity contribution in [2.45, 2.75) is 0 Å². The smallest absolute Gasteiger partial charge is 0.343 e. The van der Waals surface area contributed by atoms with Crippen molar-refractivity contribution < 1.29 is 13.9 Å². The molecule has 0 unspecified atom stereocenters. The molecular weight excluding hydrogens is 347 g/mol. The quantitative estimate of drug-likeness (QED) is 0.523. The Kier molecular flexibility index (Phi) is 4.22. The standard InChI is InChI=1S/C21H13FN2O3/c22-16-10-6-9-15(13-16)21(26)27-19-18(14-7-2-1-3-8-14)23-17-11-4-5-12-24(17)20(19)25/h1-13H. The van der Waals surface area contributed by atoms with Crippen LogP contribution in [0.4, 0.5) is 4.39 Å². The van der Waals surface area contributed by atoms with Gasteiger partial charge < -0.3 is 4.74 Å². The van der Waals surface area contributed by atoms with Gasteiger partial charge in [0, 0.05) is 11.8 Å². The summed E-state index contributed by atoms with van der Waals surface area (Å²) in [5.74, 6) is -1.61. The number of fused-ring (bicyclic) bond motifs is 1. The average Bonchev–Trinajstić information content (AvgIpc) is 2.70. The summed E-state index contributed by atoms with van der Waals surface area (Å²) in [6.07, 6.45) is 1.54. The van der Waals surface area contributed by atoms with Crippen LogP contribution in [0.25, 0.3) is 16.9 Å². The number of ether oxygens (including phenoxy) is 1. The fourth-order valence-electron chi connectivity index (χ4n) is 2.72. The van der Waals surface area contributed by atoms with Gasteiger partial charge in [-0.1, -0.05) is 42.5 Å². The van der Waals surface area contributed by atoms with E-state index in [1.807, 2.05) is 6.07 Å². The van der Waals surface area contributed by atoms with Gasteiger partial charge in [0.2, 0.25) is 5.75 Å². The number of pyridine rings is 1. The van der Waals surface area contributed by atoms with Gasteiger partial charge in [-0.05, 0) is 30.3 Å². The van der Waals surface area contributed by atoms with Gasteiger partial charge in [0.15, 0.2) is 0 Å². The molecule has 4 aromatic rings. The molecule has 0 saturated carbocycles. The van der Waals surface area contributed by atoms with Crippen molar-refractivity contribution in [1.29, 1.82) is 0 Å². The lowest BCUT2D eigenvalue weighted by atomic mass is 10.1. The van der Waals surface area contributed by atoms with Gasteiger partial charge >= 0.3 is 11.5 Å². The van der Waals surface area contributed by atoms with E-state index >= 15 is 0 Å². The van der Waals surface area contributed by atoms with E-state index in [1.54, 1.807) is 48.7 Å². The molecule has 0 spiro atoms. The Bertz CT molecular complexity index is 1200. The zero-order valence-corrected chi connectivity index (χ0v) is 14.0. The van der Waals surface area contributed by atoms with E-state index in [1.165, 1.54) is 22.6 Å². The second kappa shape index (κ2) is 6.84. The number of esters is 1. The van der Waals surface area contributed by atoms with E-state index < -0.39 is 17.3 Å². The molecule has 0 amide bonds. The van der Waals surface area contributed by atoms with Crippen molar-refractivity contribution in [1.82, 2.24) is 9.38 Å². The molecule has 5 nitrogen and oxygen atoms in total. The summed E-state index contributed by atoms with van der Waals surface area (Å²) < 4.78 is 20.1. The Morgan fingerprint density at radius 1 is 0.963 bits per heavy atom. The molecule has 0 radical (unpaired) electrons. The SMILES string of the molecule is O=C(Oc1c(-c2ccccc2)nc2ccccn2c1=O)c1cccc(F)c1. The molecule has 0 N–H and O–H groups in total. The molecule has 4 rings (SSSR count). The molecule has 0 aliphatic heterocycles. The highest BCUT2D eigenvalue weighted by Gasteiger charge is 2.20. The Morgan fingerprint density at radius 2 is 1.74 bits per heavy atom. The second-order valence-electron chi connectivity index (χ2n) is 5.79. The van der Waals surface area contributed by atoms with Crippen molar-refractivity contribution in [3.05, 3.63) is 101 Å². The third-order valence-electron chi connectivity index (χ3n) is 4.00. The second-order valence-corrected chi connectivity index (χ2v) is 5.79. The van der Waals surface area contributed by atoms with E-state index in [0.29, 0.717) is 11.2 Å². The lowest BCUT2D eigenvalue weighted by molar-refractivity contribution is 0.0732. The molecule has 132 valence electrons. The monoisotopic (exact) mass is 360 g/mol. The van der Waals surface area contributed by atoms with E-state index in [0.717, 1.165) is 6.07 Å². The molecule has 0 aliphatic carbocycles. The van der Waals surface area contributed by atoms with Gasteiger partial charge in [-0.15, -0.1) is 0 Å². The Morgan fingerprint density at radius 3 is 2.52 bits per heavy atom. The number of hydrogen-bond donors (Lipinski definition) is 0. The number of hydrogen-bond acceptors (Lipinski definition) is 4. The maximum atomic E-state index is 13.4. The van der Waals surface area contributed by atoms with Crippen LogP contribution in [0, 0.1) is 5.82 Å². The minimum absolute atomic E-state index is 0.00608. The molecule has 27 heavy (non-hydrogen) atoms. The van der Waals surface area contributed by atoms with E-state index in [9.17, 15) is 14.0 Å². The van der Waals surface area contributed by atoms with Crippen LogP contribution in [0.5, 0.6) is 5.75 Å². The summed E-state index contributed by atoms with van der Waals surface area (Å²) in [5, 5.41) is 0. The largest absolute Gasteiger partial charge is 0.415 e. The minimum atomic E-state index is -0.832. The highest BCUT2D eigenvalue weighted by atomic mass is 19.1. The van der Waals surface area contributed by atoms with Crippen molar-refractivity contribution in [3.63, 3.8) is 0 Å². The fourth-order valence-corrected chi connectivity index (χ4v) is 2.72. The van der Waals surface area contributed by atoms with Crippen LogP contribution in [0.2, 0.25) is 0 Å². The number of carbonyl (C=O) groups is 1. The van der Waals surface area contributed by atoms with Crippen LogP contribution in [0.3, 0.4) is 0 Å². The normalized spacial score (nSPS) is 10.7. The molecule has 0 atom stereocenters. The number of carbonyl (C=O) groups excluding carboxylic acids is 1. The first-order valence-corrected chi connectivity index (χ1v) is 8.18. The molecule has 0 aliphatic rings. The van der Waals surface area contributed by atoms with Crippen LogP contribution < -0.4 is 10.3 Å². The lowest BCUT2D eigenvalue weighted by Crippen LogP contribution is -2.22. The summed E-state index contributed by atoms with van der Waals surface area (Å²) in [4.78, 5) is 29.9. The van der Waals surface area contributed by atoms with Crippen molar-refractivity contribution in [2.24, 2.45) is 0 Å². The van der Waals surface area contributed by atoms with Crippen LogP contribution in [-0.2, 0) is 0 Å². The topological polar surface area (TPSA) is 60.7 Å². The molecule has 2 heterocycles. The van der Waals surface area contributed by atoms with Gasteiger partial charge in [-0.2, -0.15) is 0 Å². The zero-order chi connectivity index (χ0) is 18.8. The van der Waals surface area contributed by atoms with E-state index in [4.69, 9.17) is 4.74 Å². The van der Waals surface area contributed by atoms with Crippen molar-refractivity contribution >= 4 is 11.6 Å². The van der Waals surface area contributed by atoms with Crippen molar-refractivity contribution in [2.75, 3.05) is 0 Å². The Labute approximate surface area is 153 Å². The van der Waals surface area contributed by atoms with Crippen molar-refractivity contribution in [3.8, 4) is 17.0 Å². The van der Waals surface area contributed by atoms with Crippen LogP contribution in [-0.4, -0.2) is 15.4 Å². The Balaban J connectivity index is 1.89. The van der Waals surface area contributed by atoms with E-state index in [-0.39, 0.29) is 17.0 Å². The summed E-state index contributed by atoms with van der Waals surface area (Å²) >= 11 is 0. The minimum Gasteiger partial charge on any atom is -0.415 e. The maximum Gasteiger partial charge on any atom is 0.343 e. The average molecular weight is 360 g/mol. The Hall–Kier alpha value is -3.80. The predicted octanol–water partition coefficient (Wildman–Crippen LogP) is 3.72. The van der Waals surface area contributed by atoms with Gasteiger partial charge in [0.1, 0.15) is 17.2 Å². The molecule has 2 aromatic heterocycles. The first-order chi connectivity index (χ1) is 13.1. The molecular formula is C21H13FN2O3. The first kappa shape index (κ1) is 16.7. The number of nitrogens with zero attached hydrogens (tertiary/aromatic N) is 2. The number of benzene rings is 2. The molecule has 0 bridgehead atoms. The number of aromatic nitrogens is 2. The van der Waals surface area contributed by atoms with Gasteiger partial charge in [0.25, 0.3) is 0 Å². The lowest BCUT2D eigenvalue weighted by Gasteiger charge is -2.11. The molecule has 2 aromatic carbocycles. The molecule has 0 fully saturated rings. The number of halogens is 1. The summed E-state index contributed by atoms with van der Waals surface area (Å²) in [5.41, 5.74) is 0.780. The summed E-state index contributed by atoms with van der Waals surface area (Å²) in [7, 11) is 0.